The van der Waals surface area contributed by atoms with E-state index in [1.165, 1.54) is 0 Å². The molecular formula is C18H15BrCl2N6O. The summed E-state index contributed by atoms with van der Waals surface area (Å²) in [6.45, 7) is 0.597. The molecule has 0 bridgehead atoms. The van der Waals surface area contributed by atoms with Crippen molar-refractivity contribution in [2.24, 2.45) is 5.10 Å². The van der Waals surface area contributed by atoms with Gasteiger partial charge in [-0.3, -0.25) is 5.01 Å². The topological polar surface area (TPSA) is 66.7 Å². The van der Waals surface area contributed by atoms with Crippen LogP contribution in [-0.4, -0.2) is 27.7 Å². The molecule has 4 rings (SSSR count). The molecule has 0 saturated carbocycles. The van der Waals surface area contributed by atoms with Crippen molar-refractivity contribution < 1.29 is 4.74 Å². The fraction of sp³-hybridized carbons (Fsp3) is 0.111. The van der Waals surface area contributed by atoms with Gasteiger partial charge in [-0.2, -0.15) is 5.10 Å². The zero-order valence-corrected chi connectivity index (χ0v) is 17.8. The molecule has 144 valence electrons. The number of hydrogen-bond donors (Lipinski definition) is 2. The molecule has 2 aromatic carbocycles. The van der Waals surface area contributed by atoms with E-state index in [0.717, 1.165) is 27.2 Å². The molecule has 1 aliphatic rings. The van der Waals surface area contributed by atoms with E-state index in [4.69, 9.17) is 27.9 Å². The highest BCUT2D eigenvalue weighted by Gasteiger charge is 2.24. The first-order valence-corrected chi connectivity index (χ1v) is 9.80. The third kappa shape index (κ3) is 3.68. The van der Waals surface area contributed by atoms with E-state index < -0.39 is 0 Å². The first-order valence-electron chi connectivity index (χ1n) is 8.25. The van der Waals surface area contributed by atoms with Crippen molar-refractivity contribution in [2.45, 2.75) is 6.54 Å². The van der Waals surface area contributed by atoms with Gasteiger partial charge in [0.2, 0.25) is 0 Å². The van der Waals surface area contributed by atoms with Gasteiger partial charge in [-0.05, 0) is 51.8 Å². The SMILES string of the molecule is COc1ccc(CN2NNN=C2c2cnn(-c3ccc(Cl)c(Cl)c3)c2Br)cc1. The van der Waals surface area contributed by atoms with Gasteiger partial charge < -0.3 is 4.74 Å². The Hall–Kier alpha value is -2.26. The maximum absolute atomic E-state index is 6.14. The number of benzene rings is 2. The molecule has 0 unspecified atom stereocenters. The summed E-state index contributed by atoms with van der Waals surface area (Å²) in [7, 11) is 1.65. The molecule has 28 heavy (non-hydrogen) atoms. The number of rotatable bonds is 5. The molecule has 1 aromatic heterocycles. The van der Waals surface area contributed by atoms with Crippen LogP contribution in [0.25, 0.3) is 5.69 Å². The smallest absolute Gasteiger partial charge is 0.177 e. The van der Waals surface area contributed by atoms with Crippen molar-refractivity contribution in [3.63, 3.8) is 0 Å². The molecule has 0 radical (unpaired) electrons. The third-order valence-electron chi connectivity index (χ3n) is 4.20. The van der Waals surface area contributed by atoms with Gasteiger partial charge in [-0.1, -0.05) is 35.3 Å². The molecule has 10 heteroatoms. The maximum Gasteiger partial charge on any atom is 0.177 e. The van der Waals surface area contributed by atoms with Crippen molar-refractivity contribution in [1.82, 2.24) is 25.9 Å². The van der Waals surface area contributed by atoms with E-state index in [0.29, 0.717) is 22.4 Å². The van der Waals surface area contributed by atoms with Crippen molar-refractivity contribution >= 4 is 45.0 Å². The lowest BCUT2D eigenvalue weighted by molar-refractivity contribution is 0.288. The third-order valence-corrected chi connectivity index (χ3v) is 5.70. The van der Waals surface area contributed by atoms with E-state index in [-0.39, 0.29) is 0 Å². The number of ether oxygens (including phenoxy) is 1. The predicted octanol–water partition coefficient (Wildman–Crippen LogP) is 4.14. The molecule has 0 aliphatic carbocycles. The summed E-state index contributed by atoms with van der Waals surface area (Å²) in [4.78, 5) is 0. The minimum Gasteiger partial charge on any atom is -0.497 e. The van der Waals surface area contributed by atoms with Gasteiger partial charge in [0.05, 0.1) is 41.1 Å². The highest BCUT2D eigenvalue weighted by molar-refractivity contribution is 9.10. The van der Waals surface area contributed by atoms with E-state index >= 15 is 0 Å². The quantitative estimate of drug-likeness (QED) is 0.573. The summed E-state index contributed by atoms with van der Waals surface area (Å²) in [5.41, 5.74) is 8.52. The van der Waals surface area contributed by atoms with Gasteiger partial charge in [0.25, 0.3) is 0 Å². The Morgan fingerprint density at radius 2 is 1.89 bits per heavy atom. The number of nitrogens with zero attached hydrogens (tertiary/aromatic N) is 4. The number of halogens is 3. The van der Waals surface area contributed by atoms with Crippen LogP contribution in [0.2, 0.25) is 10.0 Å². The minimum absolute atomic E-state index is 0.464. The van der Waals surface area contributed by atoms with Gasteiger partial charge in [0, 0.05) is 0 Å². The van der Waals surface area contributed by atoms with Gasteiger partial charge in [-0.15, -0.1) is 10.6 Å². The van der Waals surface area contributed by atoms with Crippen LogP contribution in [0.4, 0.5) is 0 Å². The Bertz CT molecular complexity index is 1040. The first kappa shape index (κ1) is 19.1. The Balaban J connectivity index is 1.59. The summed E-state index contributed by atoms with van der Waals surface area (Å²) in [6.07, 6.45) is 1.74. The summed E-state index contributed by atoms with van der Waals surface area (Å²) in [5.74, 6) is 1.52. The fourth-order valence-corrected chi connectivity index (χ4v) is 3.63. The normalized spacial score (nSPS) is 13.4. The zero-order chi connectivity index (χ0) is 19.7. The van der Waals surface area contributed by atoms with Crippen molar-refractivity contribution in [3.05, 3.63) is 74.4 Å². The summed E-state index contributed by atoms with van der Waals surface area (Å²) in [6, 6.07) is 13.2. The lowest BCUT2D eigenvalue weighted by Gasteiger charge is -2.18. The standard InChI is InChI=1S/C18H15BrCl2N6O/c1-28-13-5-2-11(3-6-13)10-26-18(23-24-25-26)14-9-22-27(17(14)19)12-4-7-15(20)16(21)8-12/h2-9,24-25H,10H2,1H3. The number of aromatic nitrogens is 2. The summed E-state index contributed by atoms with van der Waals surface area (Å²) in [5, 5.41) is 11.6. The molecule has 3 aromatic rings. The Labute approximate surface area is 179 Å². The number of hydrazone groups is 1. The molecule has 2 N–H and O–H groups in total. The second kappa shape index (κ2) is 8.00. The van der Waals surface area contributed by atoms with E-state index in [2.05, 4.69) is 37.2 Å². The van der Waals surface area contributed by atoms with Crippen LogP contribution in [0.5, 0.6) is 5.75 Å². The van der Waals surface area contributed by atoms with Crippen molar-refractivity contribution in [2.75, 3.05) is 7.11 Å². The van der Waals surface area contributed by atoms with Crippen LogP contribution in [0.1, 0.15) is 11.1 Å². The van der Waals surface area contributed by atoms with Crippen LogP contribution in [0.3, 0.4) is 0 Å². The zero-order valence-electron chi connectivity index (χ0n) is 14.7. The molecule has 0 atom stereocenters. The second-order valence-corrected chi connectivity index (χ2v) is 7.52. The average Bonchev–Trinajstić information content (AvgIpc) is 3.31. The molecular weight excluding hydrogens is 467 g/mol. The highest BCUT2D eigenvalue weighted by atomic mass is 79.9. The lowest BCUT2D eigenvalue weighted by Crippen LogP contribution is -2.40. The van der Waals surface area contributed by atoms with Crippen molar-refractivity contribution in [1.29, 1.82) is 0 Å². The predicted molar refractivity (Wildman–Crippen MR) is 113 cm³/mol. The van der Waals surface area contributed by atoms with Gasteiger partial charge in [0.15, 0.2) is 5.84 Å². The van der Waals surface area contributed by atoms with Crippen LogP contribution in [0, 0.1) is 0 Å². The van der Waals surface area contributed by atoms with E-state index in [1.54, 1.807) is 30.1 Å². The number of nitrogens with one attached hydrogen (secondary N) is 2. The molecule has 0 amide bonds. The molecule has 0 saturated heterocycles. The number of hydrazine groups is 2. The van der Waals surface area contributed by atoms with Crippen molar-refractivity contribution in [3.8, 4) is 11.4 Å². The largest absolute Gasteiger partial charge is 0.497 e. The summed E-state index contributed by atoms with van der Waals surface area (Å²) < 4.78 is 7.68. The number of amidine groups is 1. The van der Waals surface area contributed by atoms with Crippen LogP contribution in [-0.2, 0) is 6.54 Å². The average molecular weight is 482 g/mol. The number of methoxy groups -OCH3 is 1. The Morgan fingerprint density at radius 1 is 1.11 bits per heavy atom. The highest BCUT2D eigenvalue weighted by Crippen LogP contribution is 2.28. The molecule has 1 aliphatic heterocycles. The Kier molecular flexibility index (Phi) is 5.45. The van der Waals surface area contributed by atoms with Crippen LogP contribution < -0.4 is 15.8 Å². The van der Waals surface area contributed by atoms with E-state index in [1.807, 2.05) is 35.3 Å². The molecule has 0 spiro atoms. The molecule has 0 fully saturated rings. The number of hydrogen-bond acceptors (Lipinski definition) is 6. The molecule has 2 heterocycles. The first-order chi connectivity index (χ1) is 13.6. The Morgan fingerprint density at radius 3 is 2.61 bits per heavy atom. The molecule has 7 nitrogen and oxygen atoms in total. The monoisotopic (exact) mass is 480 g/mol. The minimum atomic E-state index is 0.464. The van der Waals surface area contributed by atoms with E-state index in [9.17, 15) is 0 Å². The van der Waals surface area contributed by atoms with Gasteiger partial charge >= 0.3 is 0 Å². The lowest BCUT2D eigenvalue weighted by atomic mass is 10.2. The summed E-state index contributed by atoms with van der Waals surface area (Å²) >= 11 is 15.8. The van der Waals surface area contributed by atoms with Gasteiger partial charge in [0.1, 0.15) is 10.4 Å². The fourth-order valence-electron chi connectivity index (χ4n) is 2.77. The van der Waals surface area contributed by atoms with Crippen LogP contribution >= 0.6 is 39.1 Å². The second-order valence-electron chi connectivity index (χ2n) is 5.95. The van der Waals surface area contributed by atoms with Crippen LogP contribution in [0.15, 0.2) is 58.4 Å². The van der Waals surface area contributed by atoms with Gasteiger partial charge in [-0.25, -0.2) is 10.2 Å². The maximum atomic E-state index is 6.14.